The third-order valence-corrected chi connectivity index (χ3v) is 6.11. The second-order valence-electron chi connectivity index (χ2n) is 9.59. The van der Waals surface area contributed by atoms with E-state index in [9.17, 15) is 18.0 Å². The first-order valence-corrected chi connectivity index (χ1v) is 11.3. The zero-order valence-corrected chi connectivity index (χ0v) is 19.4. The van der Waals surface area contributed by atoms with Gasteiger partial charge >= 0.3 is 12.1 Å². The SMILES string of the molecule is CC1(C)CC(C(Nc2cnc(-n3cc(C(F)(F)F)cn3)nc2)c2ccc(NCCC(=O)O)cc2)C1. The van der Waals surface area contributed by atoms with Gasteiger partial charge in [0, 0.05) is 18.4 Å². The van der Waals surface area contributed by atoms with Gasteiger partial charge in [-0.1, -0.05) is 26.0 Å². The molecule has 1 fully saturated rings. The summed E-state index contributed by atoms with van der Waals surface area (Å²) in [5.41, 5.74) is 1.96. The molecule has 3 aromatic rings. The summed E-state index contributed by atoms with van der Waals surface area (Å²) in [5, 5.41) is 19.1. The Bertz CT molecular complexity index is 1150. The zero-order valence-electron chi connectivity index (χ0n) is 19.4. The molecule has 1 aromatic carbocycles. The van der Waals surface area contributed by atoms with Crippen LogP contribution in [0.1, 0.15) is 50.3 Å². The molecule has 0 saturated heterocycles. The number of aromatic nitrogens is 4. The summed E-state index contributed by atoms with van der Waals surface area (Å²) in [5.74, 6) is -0.423. The van der Waals surface area contributed by atoms with E-state index in [2.05, 4.69) is 39.5 Å². The van der Waals surface area contributed by atoms with Gasteiger partial charge in [0.2, 0.25) is 0 Å². The standard InChI is InChI=1S/C24H27F3N6O2/c1-23(2)9-16(10-23)21(15-3-5-18(6-4-15)28-8-7-20(34)35)32-19-12-29-22(30-13-19)33-14-17(11-31-33)24(25,26)27/h3-6,11-14,16,21,28,32H,7-10H2,1-2H3,(H,34,35). The van der Waals surface area contributed by atoms with Crippen LogP contribution in [0.25, 0.3) is 5.95 Å². The molecule has 1 unspecified atom stereocenters. The molecule has 0 radical (unpaired) electrons. The van der Waals surface area contributed by atoms with Crippen LogP contribution in [0.2, 0.25) is 0 Å². The second kappa shape index (κ2) is 9.55. The number of carboxylic acids is 1. The van der Waals surface area contributed by atoms with Crippen LogP contribution in [0.15, 0.2) is 49.1 Å². The molecule has 1 aliphatic carbocycles. The monoisotopic (exact) mass is 488 g/mol. The molecule has 2 heterocycles. The number of aliphatic carboxylic acids is 1. The molecule has 0 bridgehead atoms. The predicted molar refractivity (Wildman–Crippen MR) is 124 cm³/mol. The number of nitrogens with zero attached hydrogens (tertiary/aromatic N) is 4. The van der Waals surface area contributed by atoms with E-state index in [0.29, 0.717) is 18.2 Å². The van der Waals surface area contributed by atoms with Crippen LogP contribution in [0.4, 0.5) is 24.5 Å². The largest absolute Gasteiger partial charge is 0.481 e. The van der Waals surface area contributed by atoms with E-state index in [1.807, 2.05) is 24.3 Å². The van der Waals surface area contributed by atoms with Gasteiger partial charge in [-0.15, -0.1) is 0 Å². The van der Waals surface area contributed by atoms with Crippen LogP contribution < -0.4 is 10.6 Å². The van der Waals surface area contributed by atoms with Crippen molar-refractivity contribution in [2.75, 3.05) is 17.2 Å². The molecule has 186 valence electrons. The molecule has 35 heavy (non-hydrogen) atoms. The van der Waals surface area contributed by atoms with Gasteiger partial charge < -0.3 is 15.7 Å². The quantitative estimate of drug-likeness (QED) is 0.382. The topological polar surface area (TPSA) is 105 Å². The average molecular weight is 489 g/mol. The summed E-state index contributed by atoms with van der Waals surface area (Å²) < 4.78 is 39.5. The molecule has 8 nitrogen and oxygen atoms in total. The third kappa shape index (κ3) is 6.09. The first-order chi connectivity index (χ1) is 16.5. The number of halogens is 3. The van der Waals surface area contributed by atoms with Crippen molar-refractivity contribution in [1.29, 1.82) is 0 Å². The highest BCUT2D eigenvalue weighted by atomic mass is 19.4. The van der Waals surface area contributed by atoms with E-state index in [-0.39, 0.29) is 23.8 Å². The lowest BCUT2D eigenvalue weighted by atomic mass is 9.61. The fraction of sp³-hybridized carbons (Fsp3) is 0.417. The van der Waals surface area contributed by atoms with E-state index in [4.69, 9.17) is 5.11 Å². The highest BCUT2D eigenvalue weighted by Gasteiger charge is 2.41. The molecule has 0 aliphatic heterocycles. The van der Waals surface area contributed by atoms with Gasteiger partial charge in [-0.3, -0.25) is 4.79 Å². The number of carbonyl (C=O) groups is 1. The van der Waals surface area contributed by atoms with Crippen LogP contribution in [-0.4, -0.2) is 37.4 Å². The molecule has 3 N–H and O–H groups in total. The van der Waals surface area contributed by atoms with Crippen LogP contribution in [0, 0.1) is 11.3 Å². The molecule has 11 heteroatoms. The van der Waals surface area contributed by atoms with Crippen LogP contribution >= 0.6 is 0 Å². The predicted octanol–water partition coefficient (Wildman–Crippen LogP) is 5.16. The minimum Gasteiger partial charge on any atom is -0.481 e. The summed E-state index contributed by atoms with van der Waals surface area (Å²) in [6.45, 7) is 4.80. The van der Waals surface area contributed by atoms with Crippen LogP contribution in [0.3, 0.4) is 0 Å². The van der Waals surface area contributed by atoms with Crippen molar-refractivity contribution in [3.05, 3.63) is 60.2 Å². The Morgan fingerprint density at radius 2 is 1.80 bits per heavy atom. The van der Waals surface area contributed by atoms with Gasteiger partial charge in [0.1, 0.15) is 0 Å². The summed E-state index contributed by atoms with van der Waals surface area (Å²) in [7, 11) is 0. The second-order valence-corrected chi connectivity index (χ2v) is 9.59. The van der Waals surface area contributed by atoms with Gasteiger partial charge in [0.05, 0.1) is 42.3 Å². The van der Waals surface area contributed by atoms with Gasteiger partial charge in [0.25, 0.3) is 5.95 Å². The number of rotatable bonds is 9. The summed E-state index contributed by atoms with van der Waals surface area (Å²) in [6.07, 6.45) is 2.30. The number of anilines is 2. The smallest absolute Gasteiger partial charge is 0.419 e. The zero-order chi connectivity index (χ0) is 25.2. The number of alkyl halides is 3. The minimum absolute atomic E-state index is 0.00733. The highest BCUT2D eigenvalue weighted by molar-refractivity contribution is 5.67. The lowest BCUT2D eigenvalue weighted by Gasteiger charge is -2.47. The summed E-state index contributed by atoms with van der Waals surface area (Å²) in [6, 6.07) is 7.84. The highest BCUT2D eigenvalue weighted by Crippen LogP contribution is 2.51. The van der Waals surface area contributed by atoms with Crippen LogP contribution in [-0.2, 0) is 11.0 Å². The van der Waals surface area contributed by atoms with Gasteiger partial charge in [-0.25, -0.2) is 14.6 Å². The average Bonchev–Trinajstić information content (AvgIpc) is 3.28. The van der Waals surface area contributed by atoms with E-state index in [1.54, 1.807) is 0 Å². The number of nitrogens with one attached hydrogen (secondary N) is 2. The van der Waals surface area contributed by atoms with Crippen molar-refractivity contribution in [3.63, 3.8) is 0 Å². The van der Waals surface area contributed by atoms with Crippen molar-refractivity contribution < 1.29 is 23.1 Å². The van der Waals surface area contributed by atoms with Crippen LogP contribution in [0.5, 0.6) is 0 Å². The van der Waals surface area contributed by atoms with Crippen molar-refractivity contribution in [2.45, 2.75) is 45.3 Å². The molecule has 1 aliphatic rings. The van der Waals surface area contributed by atoms with E-state index in [1.165, 1.54) is 12.4 Å². The molecular formula is C24H27F3N6O2. The molecule has 2 aromatic heterocycles. The normalized spacial score (nSPS) is 16.4. The number of hydrogen-bond donors (Lipinski definition) is 3. The Labute approximate surface area is 200 Å². The van der Waals surface area contributed by atoms with Crippen molar-refractivity contribution in [3.8, 4) is 5.95 Å². The Morgan fingerprint density at radius 3 is 2.34 bits per heavy atom. The lowest BCUT2D eigenvalue weighted by Crippen LogP contribution is -2.38. The first kappa shape index (κ1) is 24.5. The number of carboxylic acid groups (broad SMARTS) is 1. The van der Waals surface area contributed by atoms with Gasteiger partial charge in [0.15, 0.2) is 0 Å². The van der Waals surface area contributed by atoms with E-state index < -0.39 is 17.7 Å². The van der Waals surface area contributed by atoms with Crippen molar-refractivity contribution in [2.24, 2.45) is 11.3 Å². The molecule has 4 rings (SSSR count). The van der Waals surface area contributed by atoms with Gasteiger partial charge in [-0.2, -0.15) is 18.3 Å². The number of benzene rings is 1. The maximum Gasteiger partial charge on any atom is 0.419 e. The summed E-state index contributed by atoms with van der Waals surface area (Å²) >= 11 is 0. The Kier molecular flexibility index (Phi) is 6.68. The lowest BCUT2D eigenvalue weighted by molar-refractivity contribution is -0.138. The third-order valence-electron chi connectivity index (χ3n) is 6.11. The maximum absolute atomic E-state index is 12.8. The first-order valence-electron chi connectivity index (χ1n) is 11.3. The Hall–Kier alpha value is -3.63. The molecule has 1 saturated carbocycles. The molecular weight excluding hydrogens is 461 g/mol. The minimum atomic E-state index is -4.48. The fourth-order valence-electron chi connectivity index (χ4n) is 4.46. The molecule has 0 amide bonds. The molecule has 1 atom stereocenters. The maximum atomic E-state index is 12.8. The van der Waals surface area contributed by atoms with Crippen molar-refractivity contribution >= 4 is 17.3 Å². The summed E-state index contributed by atoms with van der Waals surface area (Å²) in [4.78, 5) is 19.1. The van der Waals surface area contributed by atoms with Crippen molar-refractivity contribution in [1.82, 2.24) is 19.7 Å². The Balaban J connectivity index is 1.48. The van der Waals surface area contributed by atoms with E-state index >= 15 is 0 Å². The Morgan fingerprint density at radius 1 is 1.14 bits per heavy atom. The molecule has 0 spiro atoms. The van der Waals surface area contributed by atoms with E-state index in [0.717, 1.165) is 41.2 Å². The fourth-order valence-corrected chi connectivity index (χ4v) is 4.46. The van der Waals surface area contributed by atoms with Gasteiger partial charge in [-0.05, 0) is 41.9 Å². The number of hydrogen-bond acceptors (Lipinski definition) is 6.